The molecular formula is C36H50N2O4. The van der Waals surface area contributed by atoms with Crippen LogP contribution in [0.3, 0.4) is 0 Å². The largest absolute Gasteiger partial charge is 0.377 e. The van der Waals surface area contributed by atoms with E-state index in [4.69, 9.17) is 4.74 Å². The minimum Gasteiger partial charge on any atom is -0.377 e. The summed E-state index contributed by atoms with van der Waals surface area (Å²) >= 11 is 0. The van der Waals surface area contributed by atoms with Crippen LogP contribution in [0, 0.1) is 61.6 Å². The molecule has 3 saturated carbocycles. The second-order valence-electron chi connectivity index (χ2n) is 16.9. The Morgan fingerprint density at radius 3 is 2.36 bits per heavy atom. The molecule has 1 saturated heterocycles. The Hall–Kier alpha value is -2.26. The molecule has 7 atom stereocenters. The molecule has 6 heteroatoms. The number of rotatable bonds is 4. The van der Waals surface area contributed by atoms with Crippen LogP contribution in [0.2, 0.25) is 0 Å². The number of nitrogens with zero attached hydrogens (tertiary/aromatic N) is 1. The first-order chi connectivity index (χ1) is 19.5. The molecule has 42 heavy (non-hydrogen) atoms. The van der Waals surface area contributed by atoms with Crippen LogP contribution >= 0.6 is 0 Å². The second-order valence-corrected chi connectivity index (χ2v) is 16.9. The molecule has 0 aromatic heterocycles. The lowest BCUT2D eigenvalue weighted by molar-refractivity contribution is -0.173. The molecule has 6 rings (SSSR count). The quantitative estimate of drug-likeness (QED) is 0.413. The van der Waals surface area contributed by atoms with Crippen molar-refractivity contribution in [2.75, 3.05) is 13.2 Å². The zero-order valence-electron chi connectivity index (χ0n) is 26.8. The first-order valence-electron chi connectivity index (χ1n) is 16.3. The minimum absolute atomic E-state index is 0.00124. The molecule has 0 spiro atoms. The number of hydrogen-bond acceptors (Lipinski definition) is 5. The van der Waals surface area contributed by atoms with Gasteiger partial charge in [-0.25, -0.2) is 0 Å². The van der Waals surface area contributed by atoms with Gasteiger partial charge in [0.1, 0.15) is 6.07 Å². The topological polar surface area (TPSA) is 96.3 Å². The molecule has 6 aliphatic rings. The number of ether oxygens (including phenoxy) is 1. The third-order valence-electron chi connectivity index (χ3n) is 13.9. The summed E-state index contributed by atoms with van der Waals surface area (Å²) < 4.78 is 5.25. The fourth-order valence-electron chi connectivity index (χ4n) is 11.2. The second kappa shape index (κ2) is 9.37. The molecule has 1 N–H and O–H groups in total. The summed E-state index contributed by atoms with van der Waals surface area (Å²) in [4.78, 5) is 40.9. The molecule has 0 aromatic rings. The molecule has 1 unspecified atom stereocenters. The van der Waals surface area contributed by atoms with Crippen LogP contribution in [0.4, 0.5) is 0 Å². The van der Waals surface area contributed by atoms with Gasteiger partial charge in [-0.3, -0.25) is 14.4 Å². The Balaban J connectivity index is 1.40. The third-order valence-corrected chi connectivity index (χ3v) is 13.9. The van der Waals surface area contributed by atoms with Crippen LogP contribution in [0.25, 0.3) is 0 Å². The van der Waals surface area contributed by atoms with E-state index in [2.05, 4.69) is 46.0 Å². The molecule has 0 radical (unpaired) electrons. The smallest absolute Gasteiger partial charge is 0.220 e. The Labute approximate surface area is 252 Å². The molecule has 4 fully saturated rings. The van der Waals surface area contributed by atoms with E-state index in [1.54, 1.807) is 0 Å². The van der Waals surface area contributed by atoms with Gasteiger partial charge in [-0.1, -0.05) is 60.1 Å². The summed E-state index contributed by atoms with van der Waals surface area (Å²) in [7, 11) is 0. The minimum atomic E-state index is -0.654. The molecule has 228 valence electrons. The lowest BCUT2D eigenvalue weighted by Crippen LogP contribution is -2.64. The molecular weight excluding hydrogens is 524 g/mol. The van der Waals surface area contributed by atoms with Crippen LogP contribution in [0.15, 0.2) is 23.3 Å². The highest BCUT2D eigenvalue weighted by atomic mass is 16.5. The van der Waals surface area contributed by atoms with Crippen molar-refractivity contribution in [1.29, 1.82) is 5.26 Å². The number of ketones is 2. The van der Waals surface area contributed by atoms with Gasteiger partial charge in [0.25, 0.3) is 0 Å². The van der Waals surface area contributed by atoms with Gasteiger partial charge in [0.2, 0.25) is 5.91 Å². The maximum Gasteiger partial charge on any atom is 0.220 e. The normalized spacial score (nSPS) is 43.7. The van der Waals surface area contributed by atoms with Gasteiger partial charge in [0, 0.05) is 23.2 Å². The molecule has 1 amide bonds. The molecule has 0 aromatic carbocycles. The maximum absolute atomic E-state index is 14.6. The SMILES string of the molecule is CC1(C)CC[C@]2(CCC(=O)NC3COC3)CC[C@]3(C)C(C(=O)C=C4[C@@]5(C)C=C(C#N)C(=O)C(C)(C)[C@@H]5CC[C@]43C)[C@H]2C1. The Bertz CT molecular complexity index is 1330. The van der Waals surface area contributed by atoms with E-state index in [9.17, 15) is 19.6 Å². The molecule has 5 aliphatic carbocycles. The van der Waals surface area contributed by atoms with Crippen molar-refractivity contribution in [3.05, 3.63) is 23.3 Å². The van der Waals surface area contributed by atoms with Gasteiger partial charge in [-0.15, -0.1) is 0 Å². The van der Waals surface area contributed by atoms with Crippen molar-refractivity contribution in [3.8, 4) is 6.07 Å². The highest BCUT2D eigenvalue weighted by Crippen LogP contribution is 2.75. The number of allylic oxidation sites excluding steroid dienone is 4. The van der Waals surface area contributed by atoms with Crippen molar-refractivity contribution in [2.45, 2.75) is 112 Å². The van der Waals surface area contributed by atoms with E-state index in [-0.39, 0.29) is 68.5 Å². The van der Waals surface area contributed by atoms with E-state index >= 15 is 0 Å². The predicted octanol–water partition coefficient (Wildman–Crippen LogP) is 6.50. The first kappa shape index (κ1) is 29.8. The van der Waals surface area contributed by atoms with Crippen molar-refractivity contribution < 1.29 is 19.1 Å². The number of fused-ring (bicyclic) bond motifs is 7. The molecule has 6 nitrogen and oxygen atoms in total. The van der Waals surface area contributed by atoms with Crippen molar-refractivity contribution in [1.82, 2.24) is 5.32 Å². The highest BCUT2D eigenvalue weighted by molar-refractivity contribution is 6.04. The number of Topliss-reactive ketones (excluding diaryl/α,β-unsaturated/α-hetero) is 1. The van der Waals surface area contributed by atoms with E-state index in [0.29, 0.717) is 19.6 Å². The number of nitrogens with one attached hydrogen (secondary N) is 1. The Kier molecular flexibility index (Phi) is 6.65. The van der Waals surface area contributed by atoms with Gasteiger partial charge in [0.15, 0.2) is 11.6 Å². The summed E-state index contributed by atoms with van der Waals surface area (Å²) in [5.41, 5.74) is -0.0490. The van der Waals surface area contributed by atoms with Crippen molar-refractivity contribution in [3.63, 3.8) is 0 Å². The first-order valence-corrected chi connectivity index (χ1v) is 16.3. The Morgan fingerprint density at radius 2 is 1.71 bits per heavy atom. The van der Waals surface area contributed by atoms with Gasteiger partial charge in [-0.05, 0) is 90.9 Å². The predicted molar refractivity (Wildman–Crippen MR) is 161 cm³/mol. The molecule has 1 aliphatic heterocycles. The van der Waals surface area contributed by atoms with Crippen molar-refractivity contribution in [2.24, 2.45) is 50.2 Å². The maximum atomic E-state index is 14.6. The fourth-order valence-corrected chi connectivity index (χ4v) is 11.2. The number of nitriles is 1. The van der Waals surface area contributed by atoms with Crippen LogP contribution in [0.5, 0.6) is 0 Å². The van der Waals surface area contributed by atoms with E-state index in [0.717, 1.165) is 56.9 Å². The van der Waals surface area contributed by atoms with E-state index in [1.807, 2.05) is 26.0 Å². The zero-order valence-corrected chi connectivity index (χ0v) is 26.8. The average Bonchev–Trinajstić information content (AvgIpc) is 2.89. The van der Waals surface area contributed by atoms with Gasteiger partial charge in [0.05, 0.1) is 24.8 Å². The summed E-state index contributed by atoms with van der Waals surface area (Å²) in [6.07, 6.45) is 12.3. The lowest BCUT2D eigenvalue weighted by Gasteiger charge is -2.69. The van der Waals surface area contributed by atoms with Gasteiger partial charge < -0.3 is 10.1 Å². The van der Waals surface area contributed by atoms with Crippen molar-refractivity contribution >= 4 is 17.5 Å². The van der Waals surface area contributed by atoms with Crippen LogP contribution < -0.4 is 5.32 Å². The number of amides is 1. The standard InChI is InChI=1S/C36H50N2O4/c1-31(2)12-14-36(11-9-28(40)38-23-20-42-21-23)15-13-35(7)29(24(36)18-31)25(39)16-27-33(5)17-22(19-37)30(41)32(3,4)26(33)8-10-34(27,35)6/h16-17,23-24,26,29H,8-15,18,20-21H2,1-7H3,(H,38,40)/t24-,26+,29?,33+,34-,35-,36-/m1/s1. The number of carbonyl (C=O) groups excluding carboxylic acids is 3. The Morgan fingerprint density at radius 1 is 1.02 bits per heavy atom. The van der Waals surface area contributed by atoms with E-state index in [1.165, 1.54) is 0 Å². The molecule has 1 heterocycles. The lowest BCUT2D eigenvalue weighted by atomic mass is 9.34. The van der Waals surface area contributed by atoms with Crippen LogP contribution in [0.1, 0.15) is 106 Å². The van der Waals surface area contributed by atoms with Gasteiger partial charge in [-0.2, -0.15) is 5.26 Å². The monoisotopic (exact) mass is 574 g/mol. The summed E-state index contributed by atoms with van der Waals surface area (Å²) in [6, 6.07) is 2.35. The average molecular weight is 575 g/mol. The number of carbonyl (C=O) groups is 3. The number of hydrogen-bond donors (Lipinski definition) is 1. The highest BCUT2D eigenvalue weighted by Gasteiger charge is 2.69. The summed E-state index contributed by atoms with van der Waals surface area (Å²) in [5, 5.41) is 13.1. The van der Waals surface area contributed by atoms with Crippen LogP contribution in [-0.2, 0) is 19.1 Å². The zero-order chi connectivity index (χ0) is 30.5. The summed E-state index contributed by atoms with van der Waals surface area (Å²) in [5.74, 6) is 0.486. The fraction of sp³-hybridized carbons (Fsp3) is 0.778. The summed E-state index contributed by atoms with van der Waals surface area (Å²) in [6.45, 7) is 16.9. The third kappa shape index (κ3) is 4.01. The van der Waals surface area contributed by atoms with E-state index < -0.39 is 10.8 Å². The van der Waals surface area contributed by atoms with Crippen LogP contribution in [-0.4, -0.2) is 36.7 Å². The molecule has 0 bridgehead atoms. The van der Waals surface area contributed by atoms with Gasteiger partial charge >= 0.3 is 0 Å².